The summed E-state index contributed by atoms with van der Waals surface area (Å²) >= 11 is 1.50. The Morgan fingerprint density at radius 1 is 1.65 bits per heavy atom. The van der Waals surface area contributed by atoms with Crippen molar-refractivity contribution in [1.82, 2.24) is 9.38 Å². The van der Waals surface area contributed by atoms with Crippen molar-refractivity contribution >= 4 is 28.4 Å². The third-order valence-electron chi connectivity index (χ3n) is 3.14. The average molecular weight is 251 g/mol. The first kappa shape index (κ1) is 10.7. The summed E-state index contributed by atoms with van der Waals surface area (Å²) in [5.74, 6) is 0.685. The Hall–Kier alpha value is -1.40. The molecule has 5 nitrogen and oxygen atoms in total. The number of β-amino-alcohol motifs (C(OH)–C–C–N with tert-alkyl or cyclic N) is 1. The van der Waals surface area contributed by atoms with Gasteiger partial charge >= 0.3 is 0 Å². The maximum atomic E-state index is 11.2. The molecule has 0 aromatic carbocycles. The van der Waals surface area contributed by atoms with Gasteiger partial charge in [0.25, 0.3) is 0 Å². The Bertz CT molecular complexity index is 572. The zero-order chi connectivity index (χ0) is 12.0. The van der Waals surface area contributed by atoms with Crippen molar-refractivity contribution in [2.24, 2.45) is 0 Å². The standard InChI is InChI=1S/C11H13N3O2S/c1-11(16)2-3-13(7-11)9-8(6-15)14-4-5-17-10(14)12-9/h4-6,16H,2-3,7H2,1H3. The minimum absolute atomic E-state index is 0.526. The van der Waals surface area contributed by atoms with E-state index in [1.165, 1.54) is 11.3 Å². The molecule has 3 heterocycles. The van der Waals surface area contributed by atoms with Crippen LogP contribution < -0.4 is 4.90 Å². The fourth-order valence-electron chi connectivity index (χ4n) is 2.26. The topological polar surface area (TPSA) is 57.8 Å². The molecule has 1 saturated heterocycles. The van der Waals surface area contributed by atoms with Crippen LogP contribution in [0.15, 0.2) is 11.6 Å². The molecule has 1 aliphatic heterocycles. The molecular formula is C11H13N3O2S. The lowest BCUT2D eigenvalue weighted by atomic mass is 10.1. The number of carbonyl (C=O) groups excluding carboxylic acids is 1. The molecule has 2 aromatic heterocycles. The van der Waals surface area contributed by atoms with E-state index < -0.39 is 5.60 Å². The van der Waals surface area contributed by atoms with E-state index in [-0.39, 0.29) is 0 Å². The number of fused-ring (bicyclic) bond motifs is 1. The summed E-state index contributed by atoms with van der Waals surface area (Å²) in [5, 5.41) is 11.9. The van der Waals surface area contributed by atoms with Gasteiger partial charge in [-0.15, -0.1) is 11.3 Å². The van der Waals surface area contributed by atoms with E-state index in [1.807, 2.05) is 23.4 Å². The summed E-state index contributed by atoms with van der Waals surface area (Å²) in [4.78, 5) is 18.4. The van der Waals surface area contributed by atoms with E-state index in [1.54, 1.807) is 4.40 Å². The summed E-state index contributed by atoms with van der Waals surface area (Å²) in [7, 11) is 0. The summed E-state index contributed by atoms with van der Waals surface area (Å²) in [5.41, 5.74) is -0.115. The average Bonchev–Trinajstić information content (AvgIpc) is 2.89. The normalized spacial score (nSPS) is 24.7. The molecule has 1 unspecified atom stereocenters. The van der Waals surface area contributed by atoms with Crippen molar-refractivity contribution in [3.63, 3.8) is 0 Å². The van der Waals surface area contributed by atoms with Gasteiger partial charge in [-0.2, -0.15) is 0 Å². The predicted molar refractivity (Wildman–Crippen MR) is 65.9 cm³/mol. The van der Waals surface area contributed by atoms with E-state index in [0.717, 1.165) is 17.8 Å². The van der Waals surface area contributed by atoms with Crippen molar-refractivity contribution in [2.75, 3.05) is 18.0 Å². The molecule has 1 fully saturated rings. The summed E-state index contributed by atoms with van der Waals surface area (Å²) in [6, 6.07) is 0. The van der Waals surface area contributed by atoms with Crippen LogP contribution in [0, 0.1) is 0 Å². The van der Waals surface area contributed by atoms with Crippen LogP contribution in [0.5, 0.6) is 0 Å². The summed E-state index contributed by atoms with van der Waals surface area (Å²) in [6.07, 6.45) is 3.38. The van der Waals surface area contributed by atoms with Crippen molar-refractivity contribution in [3.8, 4) is 0 Å². The molecular weight excluding hydrogens is 238 g/mol. The lowest BCUT2D eigenvalue weighted by Gasteiger charge is -2.18. The molecule has 0 radical (unpaired) electrons. The van der Waals surface area contributed by atoms with E-state index >= 15 is 0 Å². The Morgan fingerprint density at radius 3 is 3.12 bits per heavy atom. The zero-order valence-electron chi connectivity index (χ0n) is 9.46. The molecule has 0 bridgehead atoms. The first-order valence-corrected chi connectivity index (χ1v) is 6.37. The molecule has 1 aliphatic rings. The van der Waals surface area contributed by atoms with E-state index in [2.05, 4.69) is 4.98 Å². The second-order valence-corrected chi connectivity index (χ2v) is 5.54. The number of aromatic nitrogens is 2. The van der Waals surface area contributed by atoms with Gasteiger partial charge in [0.05, 0.1) is 5.60 Å². The number of carbonyl (C=O) groups is 1. The van der Waals surface area contributed by atoms with Crippen LogP contribution in [0.3, 0.4) is 0 Å². The molecule has 90 valence electrons. The third-order valence-corrected chi connectivity index (χ3v) is 3.90. The first-order chi connectivity index (χ1) is 8.11. The summed E-state index contributed by atoms with van der Waals surface area (Å²) in [6.45, 7) is 3.07. The molecule has 0 aliphatic carbocycles. The highest BCUT2D eigenvalue weighted by Crippen LogP contribution is 2.29. The van der Waals surface area contributed by atoms with Gasteiger partial charge in [-0.05, 0) is 13.3 Å². The Labute approximate surface area is 102 Å². The smallest absolute Gasteiger partial charge is 0.196 e. The number of rotatable bonds is 2. The first-order valence-electron chi connectivity index (χ1n) is 5.49. The maximum Gasteiger partial charge on any atom is 0.196 e. The highest BCUT2D eigenvalue weighted by atomic mass is 32.1. The van der Waals surface area contributed by atoms with Crippen molar-refractivity contribution < 1.29 is 9.90 Å². The predicted octanol–water partition coefficient (Wildman–Crippen LogP) is 1.17. The van der Waals surface area contributed by atoms with Gasteiger partial charge in [-0.1, -0.05) is 0 Å². The largest absolute Gasteiger partial charge is 0.388 e. The molecule has 0 amide bonds. The molecule has 2 aromatic rings. The molecule has 0 spiro atoms. The SMILES string of the molecule is CC1(O)CCN(c2nc3sccn3c2C=O)C1. The molecule has 3 rings (SSSR count). The number of imidazole rings is 1. The lowest BCUT2D eigenvalue weighted by Crippen LogP contribution is -2.30. The van der Waals surface area contributed by atoms with Gasteiger partial charge in [0, 0.05) is 24.7 Å². The van der Waals surface area contributed by atoms with Crippen molar-refractivity contribution in [3.05, 3.63) is 17.3 Å². The number of aldehydes is 1. The third kappa shape index (κ3) is 1.64. The maximum absolute atomic E-state index is 11.2. The van der Waals surface area contributed by atoms with Crippen LogP contribution in [0.2, 0.25) is 0 Å². The minimum Gasteiger partial charge on any atom is -0.388 e. The van der Waals surface area contributed by atoms with E-state index in [9.17, 15) is 9.90 Å². The lowest BCUT2D eigenvalue weighted by molar-refractivity contribution is 0.0838. The number of hydrogen-bond acceptors (Lipinski definition) is 5. The van der Waals surface area contributed by atoms with Crippen LogP contribution in [-0.2, 0) is 0 Å². The van der Waals surface area contributed by atoms with Gasteiger partial charge in [0.2, 0.25) is 0 Å². The van der Waals surface area contributed by atoms with Crippen LogP contribution in [0.4, 0.5) is 5.82 Å². The van der Waals surface area contributed by atoms with Gasteiger partial charge in [0.15, 0.2) is 17.1 Å². The fourth-order valence-corrected chi connectivity index (χ4v) is 2.98. The van der Waals surface area contributed by atoms with Gasteiger partial charge in [-0.3, -0.25) is 9.20 Å². The number of thiazole rings is 1. The highest BCUT2D eigenvalue weighted by Gasteiger charge is 2.34. The van der Waals surface area contributed by atoms with E-state index in [4.69, 9.17) is 0 Å². The van der Waals surface area contributed by atoms with Crippen LogP contribution >= 0.6 is 11.3 Å². The molecule has 1 N–H and O–H groups in total. The molecule has 0 saturated carbocycles. The number of aliphatic hydroxyl groups is 1. The quantitative estimate of drug-likeness (QED) is 0.814. The molecule has 6 heteroatoms. The van der Waals surface area contributed by atoms with Crippen LogP contribution in [0.1, 0.15) is 23.8 Å². The Morgan fingerprint density at radius 2 is 2.47 bits per heavy atom. The molecule has 1 atom stereocenters. The Kier molecular flexibility index (Phi) is 2.24. The second kappa shape index (κ2) is 3.54. The highest BCUT2D eigenvalue weighted by molar-refractivity contribution is 7.15. The van der Waals surface area contributed by atoms with Gasteiger partial charge in [-0.25, -0.2) is 4.98 Å². The van der Waals surface area contributed by atoms with Crippen molar-refractivity contribution in [2.45, 2.75) is 18.9 Å². The van der Waals surface area contributed by atoms with Gasteiger partial charge in [0.1, 0.15) is 5.69 Å². The minimum atomic E-state index is -0.683. The summed E-state index contributed by atoms with van der Waals surface area (Å²) < 4.78 is 1.79. The Balaban J connectivity index is 2.05. The van der Waals surface area contributed by atoms with Crippen LogP contribution in [0.25, 0.3) is 4.96 Å². The second-order valence-electron chi connectivity index (χ2n) is 4.66. The van der Waals surface area contributed by atoms with Crippen LogP contribution in [-0.4, -0.2) is 39.5 Å². The number of nitrogens with zero attached hydrogens (tertiary/aromatic N) is 3. The fraction of sp³-hybridized carbons (Fsp3) is 0.455. The number of hydrogen-bond donors (Lipinski definition) is 1. The van der Waals surface area contributed by atoms with Gasteiger partial charge < -0.3 is 10.0 Å². The molecule has 17 heavy (non-hydrogen) atoms. The zero-order valence-corrected chi connectivity index (χ0v) is 10.3. The monoisotopic (exact) mass is 251 g/mol. The number of anilines is 1. The van der Waals surface area contributed by atoms with E-state index in [0.29, 0.717) is 24.5 Å². The van der Waals surface area contributed by atoms with Crippen molar-refractivity contribution in [1.29, 1.82) is 0 Å².